The second kappa shape index (κ2) is 8.79. The Bertz CT molecular complexity index is 471. The summed E-state index contributed by atoms with van der Waals surface area (Å²) in [5, 5.41) is 5.99. The number of benzene rings is 1. The van der Waals surface area contributed by atoms with Gasteiger partial charge in [-0.1, -0.05) is 38.1 Å². The van der Waals surface area contributed by atoms with Crippen LogP contribution in [0.25, 0.3) is 0 Å². The number of amides is 2. The molecule has 0 saturated heterocycles. The molecule has 1 atom stereocenters. The van der Waals surface area contributed by atoms with Gasteiger partial charge in [0.15, 0.2) is 0 Å². The fourth-order valence-electron chi connectivity index (χ4n) is 3.21. The number of fused-ring (bicyclic) bond motifs is 1. The van der Waals surface area contributed by atoms with Crippen LogP contribution in [-0.4, -0.2) is 43.7 Å². The molecule has 0 bridgehead atoms. The number of carbonyl (C=O) groups is 1. The van der Waals surface area contributed by atoms with E-state index < -0.39 is 0 Å². The lowest BCUT2D eigenvalue weighted by atomic mass is 9.83. The van der Waals surface area contributed by atoms with Crippen molar-refractivity contribution in [3.8, 4) is 0 Å². The normalized spacial score (nSPS) is 17.1. The van der Waals surface area contributed by atoms with Gasteiger partial charge in [-0.25, -0.2) is 4.79 Å². The number of carbonyl (C=O) groups excluding carboxylic acids is 1. The monoisotopic (exact) mass is 303 g/mol. The Hall–Kier alpha value is -1.55. The molecule has 1 aromatic carbocycles. The van der Waals surface area contributed by atoms with E-state index in [1.807, 2.05) is 0 Å². The summed E-state index contributed by atoms with van der Waals surface area (Å²) >= 11 is 0. The maximum atomic E-state index is 11.9. The molecule has 1 aromatic rings. The molecule has 2 rings (SSSR count). The number of nitrogens with zero attached hydrogens (tertiary/aromatic N) is 1. The third-order valence-corrected chi connectivity index (χ3v) is 4.61. The maximum Gasteiger partial charge on any atom is 0.314 e. The van der Waals surface area contributed by atoms with Crippen molar-refractivity contribution in [1.29, 1.82) is 0 Å². The molecule has 0 aliphatic heterocycles. The number of likely N-dealkylation sites (N-methyl/N-ethyl adjacent to an activating group) is 1. The maximum absolute atomic E-state index is 11.9. The van der Waals surface area contributed by atoms with E-state index in [9.17, 15) is 4.79 Å². The zero-order chi connectivity index (χ0) is 15.8. The Morgan fingerprint density at radius 2 is 2.00 bits per heavy atom. The summed E-state index contributed by atoms with van der Waals surface area (Å²) in [6, 6.07) is 8.58. The first kappa shape index (κ1) is 16.8. The molecule has 1 aliphatic carbocycles. The third-order valence-electron chi connectivity index (χ3n) is 4.61. The Labute approximate surface area is 134 Å². The summed E-state index contributed by atoms with van der Waals surface area (Å²) in [4.78, 5) is 14.2. The van der Waals surface area contributed by atoms with Crippen LogP contribution < -0.4 is 10.6 Å². The van der Waals surface area contributed by atoms with Gasteiger partial charge >= 0.3 is 6.03 Å². The van der Waals surface area contributed by atoms with E-state index in [1.165, 1.54) is 24.0 Å². The summed E-state index contributed by atoms with van der Waals surface area (Å²) in [6.45, 7) is 8.68. The number of urea groups is 1. The predicted molar refractivity (Wildman–Crippen MR) is 91.3 cm³/mol. The van der Waals surface area contributed by atoms with Gasteiger partial charge < -0.3 is 15.5 Å². The van der Waals surface area contributed by atoms with Crippen molar-refractivity contribution in [2.75, 3.05) is 32.7 Å². The van der Waals surface area contributed by atoms with Gasteiger partial charge in [0.05, 0.1) is 0 Å². The fraction of sp³-hybridized carbons (Fsp3) is 0.611. The average molecular weight is 303 g/mol. The van der Waals surface area contributed by atoms with Crippen LogP contribution in [0.2, 0.25) is 0 Å². The molecule has 0 saturated carbocycles. The molecule has 22 heavy (non-hydrogen) atoms. The zero-order valence-electron chi connectivity index (χ0n) is 13.9. The lowest BCUT2D eigenvalue weighted by Gasteiger charge is -2.25. The third kappa shape index (κ3) is 4.73. The molecule has 2 N–H and O–H groups in total. The highest BCUT2D eigenvalue weighted by molar-refractivity contribution is 5.73. The summed E-state index contributed by atoms with van der Waals surface area (Å²) < 4.78 is 0. The fourth-order valence-corrected chi connectivity index (χ4v) is 3.21. The van der Waals surface area contributed by atoms with Crippen molar-refractivity contribution >= 4 is 6.03 Å². The summed E-state index contributed by atoms with van der Waals surface area (Å²) in [6.07, 6.45) is 3.55. The van der Waals surface area contributed by atoms with Crippen molar-refractivity contribution in [2.24, 2.45) is 0 Å². The molecule has 2 amide bonds. The number of aryl methyl sites for hydroxylation is 1. The van der Waals surface area contributed by atoms with E-state index >= 15 is 0 Å². The minimum atomic E-state index is -0.0461. The van der Waals surface area contributed by atoms with Crippen molar-refractivity contribution in [3.63, 3.8) is 0 Å². The Morgan fingerprint density at radius 3 is 2.77 bits per heavy atom. The SMILES string of the molecule is CCN(CC)CCNC(=O)NC[C@H]1CCCc2ccccc21. The minimum absolute atomic E-state index is 0.0461. The molecule has 122 valence electrons. The minimum Gasteiger partial charge on any atom is -0.338 e. The highest BCUT2D eigenvalue weighted by Crippen LogP contribution is 2.30. The molecule has 0 aromatic heterocycles. The van der Waals surface area contributed by atoms with Crippen molar-refractivity contribution in [2.45, 2.75) is 39.0 Å². The van der Waals surface area contributed by atoms with E-state index in [1.54, 1.807) is 0 Å². The molecule has 0 radical (unpaired) electrons. The number of rotatable bonds is 7. The summed E-state index contributed by atoms with van der Waals surface area (Å²) in [5.74, 6) is 0.457. The first-order valence-corrected chi connectivity index (χ1v) is 8.56. The number of hydrogen-bond donors (Lipinski definition) is 2. The van der Waals surface area contributed by atoms with E-state index in [0.29, 0.717) is 12.5 Å². The second-order valence-corrected chi connectivity index (χ2v) is 5.95. The molecule has 0 spiro atoms. The van der Waals surface area contributed by atoms with Crippen LogP contribution in [-0.2, 0) is 6.42 Å². The molecule has 0 fully saturated rings. The van der Waals surface area contributed by atoms with Crippen LogP contribution in [0.3, 0.4) is 0 Å². The Morgan fingerprint density at radius 1 is 1.23 bits per heavy atom. The highest BCUT2D eigenvalue weighted by atomic mass is 16.2. The van der Waals surface area contributed by atoms with Crippen LogP contribution in [0.1, 0.15) is 43.7 Å². The average Bonchev–Trinajstić information content (AvgIpc) is 2.57. The lowest BCUT2D eigenvalue weighted by molar-refractivity contribution is 0.236. The quantitative estimate of drug-likeness (QED) is 0.813. The van der Waals surface area contributed by atoms with Crippen molar-refractivity contribution in [3.05, 3.63) is 35.4 Å². The molecule has 1 aliphatic rings. The molecule has 0 unspecified atom stereocenters. The molecular weight excluding hydrogens is 274 g/mol. The van der Waals surface area contributed by atoms with Crippen LogP contribution in [0, 0.1) is 0 Å². The number of hydrogen-bond acceptors (Lipinski definition) is 2. The topological polar surface area (TPSA) is 44.4 Å². The van der Waals surface area contributed by atoms with Crippen molar-refractivity contribution in [1.82, 2.24) is 15.5 Å². The first-order chi connectivity index (χ1) is 10.7. The van der Waals surface area contributed by atoms with E-state index in [-0.39, 0.29) is 6.03 Å². The van der Waals surface area contributed by atoms with Gasteiger partial charge in [0, 0.05) is 25.6 Å². The van der Waals surface area contributed by atoms with Crippen LogP contribution >= 0.6 is 0 Å². The van der Waals surface area contributed by atoms with Crippen LogP contribution in [0.15, 0.2) is 24.3 Å². The van der Waals surface area contributed by atoms with Crippen molar-refractivity contribution < 1.29 is 4.79 Å². The van der Waals surface area contributed by atoms with Gasteiger partial charge in [-0.05, 0) is 43.5 Å². The van der Waals surface area contributed by atoms with Gasteiger partial charge in [-0.2, -0.15) is 0 Å². The molecular formula is C18H29N3O. The standard InChI is InChI=1S/C18H29N3O/c1-3-21(4-2)13-12-19-18(22)20-14-16-10-7-9-15-8-5-6-11-17(15)16/h5-6,8,11,16H,3-4,7,9-10,12-14H2,1-2H3,(H2,19,20,22)/t16-/m1/s1. The first-order valence-electron chi connectivity index (χ1n) is 8.56. The smallest absolute Gasteiger partial charge is 0.314 e. The van der Waals surface area contributed by atoms with Crippen LogP contribution in [0.4, 0.5) is 4.79 Å². The zero-order valence-corrected chi connectivity index (χ0v) is 13.9. The van der Waals surface area contributed by atoms with Gasteiger partial charge in [0.2, 0.25) is 0 Å². The number of nitrogens with one attached hydrogen (secondary N) is 2. The molecule has 4 nitrogen and oxygen atoms in total. The van der Waals surface area contributed by atoms with Gasteiger partial charge in [0.1, 0.15) is 0 Å². The van der Waals surface area contributed by atoms with E-state index in [0.717, 1.165) is 32.6 Å². The van der Waals surface area contributed by atoms with Crippen LogP contribution in [0.5, 0.6) is 0 Å². The lowest BCUT2D eigenvalue weighted by Crippen LogP contribution is -2.41. The van der Waals surface area contributed by atoms with E-state index in [4.69, 9.17) is 0 Å². The highest BCUT2D eigenvalue weighted by Gasteiger charge is 2.19. The van der Waals surface area contributed by atoms with Gasteiger partial charge in [-0.15, -0.1) is 0 Å². The van der Waals surface area contributed by atoms with E-state index in [2.05, 4.69) is 53.6 Å². The molecule has 0 heterocycles. The molecule has 4 heteroatoms. The summed E-state index contributed by atoms with van der Waals surface area (Å²) in [5.41, 5.74) is 2.86. The van der Waals surface area contributed by atoms with Gasteiger partial charge in [-0.3, -0.25) is 0 Å². The van der Waals surface area contributed by atoms with Gasteiger partial charge in [0.25, 0.3) is 0 Å². The predicted octanol–water partition coefficient (Wildman–Crippen LogP) is 2.75. The second-order valence-electron chi connectivity index (χ2n) is 5.95. The Kier molecular flexibility index (Phi) is 6.72. The Balaban J connectivity index is 1.73. The largest absolute Gasteiger partial charge is 0.338 e. The summed E-state index contributed by atoms with van der Waals surface area (Å²) in [7, 11) is 0.